The molecule has 0 fully saturated rings. The molecule has 0 amide bonds. The lowest BCUT2D eigenvalue weighted by atomic mass is 10.0. The molecule has 0 unspecified atom stereocenters. The van der Waals surface area contributed by atoms with Crippen LogP contribution in [0.3, 0.4) is 0 Å². The van der Waals surface area contributed by atoms with Crippen molar-refractivity contribution < 1.29 is 4.79 Å². The van der Waals surface area contributed by atoms with Crippen LogP contribution in [-0.2, 0) is 6.42 Å². The first-order valence-corrected chi connectivity index (χ1v) is 3.84. The highest BCUT2D eigenvalue weighted by molar-refractivity contribution is 5.95. The van der Waals surface area contributed by atoms with Crippen molar-refractivity contribution in [1.29, 1.82) is 0 Å². The zero-order valence-electron chi connectivity index (χ0n) is 7.33. The van der Waals surface area contributed by atoms with Crippen LogP contribution in [0, 0.1) is 0 Å². The van der Waals surface area contributed by atoms with Crippen LogP contribution in [0.2, 0.25) is 0 Å². The van der Waals surface area contributed by atoms with Crippen molar-refractivity contribution in [2.75, 3.05) is 0 Å². The highest BCUT2D eigenvalue weighted by atomic mass is 35.5. The summed E-state index contributed by atoms with van der Waals surface area (Å²) in [7, 11) is 0. The van der Waals surface area contributed by atoms with Gasteiger partial charge in [-0.15, -0.1) is 12.4 Å². The number of hydrogen-bond donors (Lipinski definition) is 0. The van der Waals surface area contributed by atoms with Crippen molar-refractivity contribution in [1.82, 2.24) is 0 Å². The molecule has 0 aliphatic carbocycles. The van der Waals surface area contributed by atoms with E-state index in [9.17, 15) is 4.79 Å². The smallest absolute Gasteiger partial charge is 0.160 e. The molecule has 12 heavy (non-hydrogen) atoms. The maximum Gasteiger partial charge on any atom is 0.160 e. The standard InChI is InChI=1S/C10H12O.ClH/c1-3-9-6-4-5-7-10(9)8(2)11;/h4-7H,3H2,1-2H3;1H. The van der Waals surface area contributed by atoms with Crippen molar-refractivity contribution in [3.05, 3.63) is 35.4 Å². The summed E-state index contributed by atoms with van der Waals surface area (Å²) in [6.07, 6.45) is 0.926. The molecule has 1 aromatic rings. The van der Waals surface area contributed by atoms with Gasteiger partial charge in [-0.1, -0.05) is 31.2 Å². The van der Waals surface area contributed by atoms with E-state index < -0.39 is 0 Å². The van der Waals surface area contributed by atoms with Crippen LogP contribution in [0.25, 0.3) is 0 Å². The minimum Gasteiger partial charge on any atom is -0.295 e. The Morgan fingerprint density at radius 1 is 1.33 bits per heavy atom. The van der Waals surface area contributed by atoms with Gasteiger partial charge >= 0.3 is 0 Å². The molecule has 1 nitrogen and oxygen atoms in total. The topological polar surface area (TPSA) is 17.1 Å². The van der Waals surface area contributed by atoms with E-state index in [1.807, 2.05) is 24.3 Å². The van der Waals surface area contributed by atoms with Crippen LogP contribution in [0.1, 0.15) is 29.8 Å². The highest BCUT2D eigenvalue weighted by Crippen LogP contribution is 2.09. The van der Waals surface area contributed by atoms with Gasteiger partial charge in [0.05, 0.1) is 0 Å². The molecule has 0 saturated heterocycles. The van der Waals surface area contributed by atoms with Crippen LogP contribution in [0.15, 0.2) is 24.3 Å². The van der Waals surface area contributed by atoms with Gasteiger partial charge in [-0.3, -0.25) is 4.79 Å². The van der Waals surface area contributed by atoms with Crippen LogP contribution in [0.5, 0.6) is 0 Å². The Morgan fingerprint density at radius 2 is 1.92 bits per heavy atom. The maximum atomic E-state index is 11.0. The van der Waals surface area contributed by atoms with E-state index in [4.69, 9.17) is 0 Å². The fourth-order valence-electron chi connectivity index (χ4n) is 1.17. The molecule has 1 rings (SSSR count). The minimum absolute atomic E-state index is 0. The Morgan fingerprint density at radius 3 is 2.33 bits per heavy atom. The normalized spacial score (nSPS) is 8.83. The lowest BCUT2D eigenvalue weighted by molar-refractivity contribution is 0.101. The minimum atomic E-state index is 0. The van der Waals surface area contributed by atoms with Crippen LogP contribution in [-0.4, -0.2) is 5.78 Å². The van der Waals surface area contributed by atoms with E-state index in [0.717, 1.165) is 17.5 Å². The second-order valence-electron chi connectivity index (χ2n) is 2.57. The summed E-state index contributed by atoms with van der Waals surface area (Å²) in [6.45, 7) is 3.66. The predicted molar refractivity (Wildman–Crippen MR) is 53.1 cm³/mol. The summed E-state index contributed by atoms with van der Waals surface area (Å²) in [5.74, 6) is 0.155. The van der Waals surface area contributed by atoms with Gasteiger partial charge in [-0.2, -0.15) is 0 Å². The molecule has 0 N–H and O–H groups in total. The molecule has 2 heteroatoms. The quantitative estimate of drug-likeness (QED) is 0.646. The zero-order chi connectivity index (χ0) is 8.27. The van der Waals surface area contributed by atoms with E-state index in [0.29, 0.717) is 0 Å². The average molecular weight is 185 g/mol. The fraction of sp³-hybridized carbons (Fsp3) is 0.300. The number of carbonyl (C=O) groups excluding carboxylic acids is 1. The Kier molecular flexibility index (Phi) is 4.60. The molecule has 0 atom stereocenters. The van der Waals surface area contributed by atoms with E-state index in [-0.39, 0.29) is 18.2 Å². The predicted octanol–water partition coefficient (Wildman–Crippen LogP) is 2.87. The molecule has 0 heterocycles. The van der Waals surface area contributed by atoms with Crippen molar-refractivity contribution in [2.24, 2.45) is 0 Å². The largest absolute Gasteiger partial charge is 0.295 e. The summed E-state index contributed by atoms with van der Waals surface area (Å²) >= 11 is 0. The molecule has 66 valence electrons. The number of ketones is 1. The number of rotatable bonds is 2. The monoisotopic (exact) mass is 184 g/mol. The third kappa shape index (κ3) is 2.35. The van der Waals surface area contributed by atoms with E-state index in [2.05, 4.69) is 6.92 Å². The van der Waals surface area contributed by atoms with Crippen molar-refractivity contribution in [3.8, 4) is 0 Å². The van der Waals surface area contributed by atoms with Crippen LogP contribution in [0.4, 0.5) is 0 Å². The van der Waals surface area contributed by atoms with Crippen LogP contribution >= 0.6 is 12.4 Å². The number of carbonyl (C=O) groups is 1. The summed E-state index contributed by atoms with van der Waals surface area (Å²) in [5.41, 5.74) is 2.00. The van der Waals surface area contributed by atoms with E-state index in [1.54, 1.807) is 6.92 Å². The lowest BCUT2D eigenvalue weighted by Gasteiger charge is -2.01. The average Bonchev–Trinajstić information content (AvgIpc) is 2.04. The molecule has 0 saturated carbocycles. The summed E-state index contributed by atoms with van der Waals surface area (Å²) < 4.78 is 0. The van der Waals surface area contributed by atoms with Gasteiger partial charge in [-0.25, -0.2) is 0 Å². The molecule has 0 radical (unpaired) electrons. The van der Waals surface area contributed by atoms with Gasteiger partial charge in [0.2, 0.25) is 0 Å². The van der Waals surface area contributed by atoms with Gasteiger partial charge < -0.3 is 0 Å². The Hall–Kier alpha value is -0.820. The first-order chi connectivity index (χ1) is 5.25. The molecule has 0 aromatic heterocycles. The molecular weight excluding hydrogens is 172 g/mol. The van der Waals surface area contributed by atoms with Gasteiger partial charge in [-0.05, 0) is 18.9 Å². The lowest BCUT2D eigenvalue weighted by Crippen LogP contribution is -1.97. The Bertz CT molecular complexity index is 268. The van der Waals surface area contributed by atoms with E-state index in [1.165, 1.54) is 0 Å². The molecule has 1 aromatic carbocycles. The summed E-state index contributed by atoms with van der Waals surface area (Å²) in [4.78, 5) is 11.0. The maximum absolute atomic E-state index is 11.0. The number of Topliss-reactive ketones (excluding diaryl/α,β-unsaturated/α-hetero) is 1. The number of benzene rings is 1. The number of aryl methyl sites for hydroxylation is 1. The van der Waals surface area contributed by atoms with Gasteiger partial charge in [0.1, 0.15) is 0 Å². The summed E-state index contributed by atoms with van der Waals surface area (Å²) in [6, 6.07) is 7.74. The van der Waals surface area contributed by atoms with Crippen LogP contribution < -0.4 is 0 Å². The van der Waals surface area contributed by atoms with Crippen molar-refractivity contribution in [3.63, 3.8) is 0 Å². The summed E-state index contributed by atoms with van der Waals surface area (Å²) in [5, 5.41) is 0. The molecule has 0 aliphatic rings. The fourth-order valence-corrected chi connectivity index (χ4v) is 1.17. The molecule has 0 bridgehead atoms. The third-order valence-electron chi connectivity index (χ3n) is 1.78. The van der Waals surface area contributed by atoms with Gasteiger partial charge in [0.15, 0.2) is 5.78 Å². The Labute approximate surface area is 79.2 Å². The van der Waals surface area contributed by atoms with Crippen molar-refractivity contribution >= 4 is 18.2 Å². The highest BCUT2D eigenvalue weighted by Gasteiger charge is 2.02. The Balaban J connectivity index is 0.00000121. The number of halogens is 1. The first-order valence-electron chi connectivity index (χ1n) is 3.84. The van der Waals surface area contributed by atoms with E-state index >= 15 is 0 Å². The second-order valence-corrected chi connectivity index (χ2v) is 2.57. The molecular formula is C10H13ClO. The van der Waals surface area contributed by atoms with Gasteiger partial charge in [0.25, 0.3) is 0 Å². The SMILES string of the molecule is CCc1ccccc1C(C)=O.Cl. The van der Waals surface area contributed by atoms with Gasteiger partial charge in [0, 0.05) is 5.56 Å². The third-order valence-corrected chi connectivity index (χ3v) is 1.78. The zero-order valence-corrected chi connectivity index (χ0v) is 8.15. The second kappa shape index (κ2) is 4.94. The molecule has 0 spiro atoms. The molecule has 0 aliphatic heterocycles. The number of hydrogen-bond acceptors (Lipinski definition) is 1. The first kappa shape index (κ1) is 11.2. The van der Waals surface area contributed by atoms with Crippen molar-refractivity contribution in [2.45, 2.75) is 20.3 Å².